The van der Waals surface area contributed by atoms with Gasteiger partial charge in [-0.15, -0.1) is 11.3 Å². The molecule has 0 radical (unpaired) electrons. The molecular weight excluding hydrogens is 326 g/mol. The first kappa shape index (κ1) is 14.0. The van der Waals surface area contributed by atoms with Crippen LogP contribution in [-0.2, 0) is 26.6 Å². The van der Waals surface area contributed by atoms with Gasteiger partial charge in [-0.3, -0.25) is 4.79 Å². The van der Waals surface area contributed by atoms with Crippen LogP contribution in [-0.4, -0.2) is 24.1 Å². The molecule has 114 valence electrons. The first-order chi connectivity index (χ1) is 10.7. The molecule has 1 aromatic carbocycles. The summed E-state index contributed by atoms with van der Waals surface area (Å²) in [5, 5.41) is 6.08. The summed E-state index contributed by atoms with van der Waals surface area (Å²) in [6, 6.07) is 5.62. The van der Waals surface area contributed by atoms with E-state index in [0.717, 1.165) is 16.3 Å². The molecule has 2 aromatic rings. The largest absolute Gasteiger partial charge is 0.380 e. The first-order valence-electron chi connectivity index (χ1n) is 6.75. The van der Waals surface area contributed by atoms with Gasteiger partial charge in [0.15, 0.2) is 4.47 Å². The number of nitrogens with zero attached hydrogens (tertiary/aromatic N) is 1. The van der Waals surface area contributed by atoms with E-state index in [0.29, 0.717) is 29.8 Å². The number of halogens is 1. The zero-order valence-electron chi connectivity index (χ0n) is 11.4. The molecule has 8 heteroatoms. The van der Waals surface area contributed by atoms with Crippen LogP contribution in [0.2, 0.25) is 4.47 Å². The molecule has 2 aliphatic heterocycles. The van der Waals surface area contributed by atoms with Crippen molar-refractivity contribution in [3.05, 3.63) is 39.3 Å². The number of carbonyl (C=O) groups excluding carboxylic acids is 1. The maximum Gasteiger partial charge on any atom is 0.289 e. The second-order valence-corrected chi connectivity index (χ2v) is 6.66. The number of rotatable bonds is 3. The van der Waals surface area contributed by atoms with Crippen LogP contribution in [0.5, 0.6) is 0 Å². The van der Waals surface area contributed by atoms with Gasteiger partial charge in [0.25, 0.3) is 11.7 Å². The molecule has 3 heterocycles. The zero-order chi connectivity index (χ0) is 15.2. The number of aromatic nitrogens is 1. The van der Waals surface area contributed by atoms with E-state index in [1.165, 1.54) is 11.3 Å². The number of hydrogen-bond acceptors (Lipinski definition) is 6. The smallest absolute Gasteiger partial charge is 0.289 e. The van der Waals surface area contributed by atoms with Gasteiger partial charge in [-0.2, -0.15) is 0 Å². The molecule has 6 nitrogen and oxygen atoms in total. The molecule has 0 aliphatic carbocycles. The van der Waals surface area contributed by atoms with Crippen LogP contribution in [0, 0.1) is 0 Å². The third-order valence-electron chi connectivity index (χ3n) is 3.61. The number of hydrogen-bond donors (Lipinski definition) is 2. The van der Waals surface area contributed by atoms with E-state index in [1.54, 1.807) is 6.20 Å². The van der Waals surface area contributed by atoms with Crippen molar-refractivity contribution >= 4 is 40.2 Å². The molecular formula is C14H12ClN3O3S. The lowest BCUT2D eigenvalue weighted by molar-refractivity contribution is -0.178. The minimum Gasteiger partial charge on any atom is -0.380 e. The summed E-state index contributed by atoms with van der Waals surface area (Å²) in [7, 11) is 0. The van der Waals surface area contributed by atoms with Crippen molar-refractivity contribution < 1.29 is 14.3 Å². The molecule has 0 bridgehead atoms. The lowest BCUT2D eigenvalue weighted by Crippen LogP contribution is -2.35. The van der Waals surface area contributed by atoms with Crippen LogP contribution in [0.15, 0.2) is 24.4 Å². The Kier molecular flexibility index (Phi) is 3.30. The SMILES string of the molecule is O=C1Nc2ccc(NCc3cnc(Cl)s3)cc2C12OCCO2. The highest BCUT2D eigenvalue weighted by atomic mass is 35.5. The molecule has 1 amide bonds. The highest BCUT2D eigenvalue weighted by Crippen LogP contribution is 2.43. The summed E-state index contributed by atoms with van der Waals surface area (Å²) in [6.45, 7) is 1.42. The van der Waals surface area contributed by atoms with Crippen LogP contribution >= 0.6 is 22.9 Å². The molecule has 2 N–H and O–H groups in total. The lowest BCUT2D eigenvalue weighted by atomic mass is 10.1. The maximum atomic E-state index is 12.1. The second kappa shape index (κ2) is 5.20. The van der Waals surface area contributed by atoms with Crippen LogP contribution in [0.4, 0.5) is 11.4 Å². The summed E-state index contributed by atoms with van der Waals surface area (Å²) in [5.74, 6) is -1.56. The molecule has 1 aromatic heterocycles. The zero-order valence-corrected chi connectivity index (χ0v) is 13.0. The molecule has 1 saturated heterocycles. The number of anilines is 2. The van der Waals surface area contributed by atoms with Gasteiger partial charge in [-0.1, -0.05) is 11.6 Å². The van der Waals surface area contributed by atoms with Crippen molar-refractivity contribution in [2.45, 2.75) is 12.3 Å². The van der Waals surface area contributed by atoms with Crippen LogP contribution in [0.3, 0.4) is 0 Å². The van der Waals surface area contributed by atoms with Crippen LogP contribution < -0.4 is 10.6 Å². The van der Waals surface area contributed by atoms with E-state index in [4.69, 9.17) is 21.1 Å². The van der Waals surface area contributed by atoms with Gasteiger partial charge in [0.1, 0.15) is 0 Å². The Labute approximate surface area is 135 Å². The molecule has 0 atom stereocenters. The summed E-state index contributed by atoms with van der Waals surface area (Å²) in [4.78, 5) is 17.2. The van der Waals surface area contributed by atoms with E-state index in [9.17, 15) is 4.79 Å². The Balaban J connectivity index is 1.59. The second-order valence-electron chi connectivity index (χ2n) is 4.96. The van der Waals surface area contributed by atoms with Gasteiger partial charge in [0, 0.05) is 22.3 Å². The minimum atomic E-state index is -1.29. The topological polar surface area (TPSA) is 72.5 Å². The molecule has 22 heavy (non-hydrogen) atoms. The number of amides is 1. The summed E-state index contributed by atoms with van der Waals surface area (Å²) in [6.07, 6.45) is 1.74. The van der Waals surface area contributed by atoms with Gasteiger partial charge >= 0.3 is 0 Å². The van der Waals surface area contributed by atoms with E-state index < -0.39 is 5.79 Å². The third-order valence-corrected chi connectivity index (χ3v) is 4.72. The van der Waals surface area contributed by atoms with Crippen molar-refractivity contribution in [2.24, 2.45) is 0 Å². The Morgan fingerprint density at radius 2 is 2.23 bits per heavy atom. The Hall–Kier alpha value is -1.67. The average molecular weight is 338 g/mol. The predicted molar refractivity (Wildman–Crippen MR) is 83.1 cm³/mol. The number of benzene rings is 1. The summed E-state index contributed by atoms with van der Waals surface area (Å²) >= 11 is 7.25. The monoisotopic (exact) mass is 337 g/mol. The van der Waals surface area contributed by atoms with E-state index in [2.05, 4.69) is 15.6 Å². The molecule has 1 spiro atoms. The molecule has 1 fully saturated rings. The highest BCUT2D eigenvalue weighted by molar-refractivity contribution is 7.15. The number of fused-ring (bicyclic) bond motifs is 2. The number of carbonyl (C=O) groups is 1. The minimum absolute atomic E-state index is 0.272. The first-order valence-corrected chi connectivity index (χ1v) is 7.95. The normalized spacial score (nSPS) is 18.5. The highest BCUT2D eigenvalue weighted by Gasteiger charge is 2.52. The standard InChI is InChI=1S/C14H12ClN3O3S/c15-13-17-7-9(22-13)6-16-8-1-2-11-10(5-8)14(12(19)18-11)20-3-4-21-14/h1-2,5,7,16H,3-4,6H2,(H,18,19). The van der Waals surface area contributed by atoms with Gasteiger partial charge in [0.2, 0.25) is 0 Å². The maximum absolute atomic E-state index is 12.1. The fourth-order valence-electron chi connectivity index (χ4n) is 2.62. The number of thiazole rings is 1. The number of nitrogens with one attached hydrogen (secondary N) is 2. The van der Waals surface area contributed by atoms with Crippen molar-refractivity contribution in [2.75, 3.05) is 23.8 Å². The Morgan fingerprint density at radius 3 is 2.95 bits per heavy atom. The quantitative estimate of drug-likeness (QED) is 0.900. The van der Waals surface area contributed by atoms with Crippen molar-refractivity contribution in [1.29, 1.82) is 0 Å². The predicted octanol–water partition coefficient (Wildman–Crippen LogP) is 2.56. The van der Waals surface area contributed by atoms with Gasteiger partial charge < -0.3 is 20.1 Å². The summed E-state index contributed by atoms with van der Waals surface area (Å²) in [5.41, 5.74) is 2.30. The van der Waals surface area contributed by atoms with Crippen LogP contribution in [0.25, 0.3) is 0 Å². The molecule has 2 aliphatic rings. The van der Waals surface area contributed by atoms with E-state index >= 15 is 0 Å². The fourth-order valence-corrected chi connectivity index (χ4v) is 3.53. The van der Waals surface area contributed by atoms with E-state index in [-0.39, 0.29) is 5.91 Å². The third kappa shape index (κ3) is 2.17. The number of ether oxygens (including phenoxy) is 2. The molecule has 0 unspecified atom stereocenters. The van der Waals surface area contributed by atoms with Crippen LogP contribution in [0.1, 0.15) is 10.4 Å². The average Bonchev–Trinajstić information content (AvgIpc) is 3.21. The summed E-state index contributed by atoms with van der Waals surface area (Å²) < 4.78 is 11.7. The Morgan fingerprint density at radius 1 is 1.41 bits per heavy atom. The van der Waals surface area contributed by atoms with E-state index in [1.807, 2.05) is 18.2 Å². The van der Waals surface area contributed by atoms with Crippen molar-refractivity contribution in [3.63, 3.8) is 0 Å². The fraction of sp³-hybridized carbons (Fsp3) is 0.286. The Bertz CT molecular complexity index is 743. The van der Waals surface area contributed by atoms with Crippen molar-refractivity contribution in [1.82, 2.24) is 4.98 Å². The van der Waals surface area contributed by atoms with Gasteiger partial charge in [0.05, 0.1) is 25.4 Å². The lowest BCUT2D eigenvalue weighted by Gasteiger charge is -2.19. The molecule has 4 rings (SSSR count). The van der Waals surface area contributed by atoms with Crippen molar-refractivity contribution in [3.8, 4) is 0 Å². The van der Waals surface area contributed by atoms with Gasteiger partial charge in [-0.25, -0.2) is 4.98 Å². The van der Waals surface area contributed by atoms with Gasteiger partial charge in [-0.05, 0) is 18.2 Å². The molecule has 0 saturated carbocycles.